The summed E-state index contributed by atoms with van der Waals surface area (Å²) in [7, 11) is 3.55. The van der Waals surface area contributed by atoms with E-state index in [2.05, 4.69) is 79.7 Å². The van der Waals surface area contributed by atoms with E-state index in [9.17, 15) is 0 Å². The van der Waals surface area contributed by atoms with Crippen LogP contribution in [0.25, 0.3) is 11.1 Å². The van der Waals surface area contributed by atoms with Crippen molar-refractivity contribution < 1.29 is 9.57 Å². The van der Waals surface area contributed by atoms with Crippen LogP contribution in [0.5, 0.6) is 5.75 Å². The Labute approximate surface area is 174 Å². The third kappa shape index (κ3) is 5.57. The second-order valence-corrected chi connectivity index (χ2v) is 6.85. The van der Waals surface area contributed by atoms with Crippen LogP contribution in [0.3, 0.4) is 0 Å². The number of benzene rings is 3. The Morgan fingerprint density at radius 2 is 1.31 bits per heavy atom. The van der Waals surface area contributed by atoms with Gasteiger partial charge >= 0.3 is 0 Å². The Bertz CT molecular complexity index is 902. The predicted molar refractivity (Wildman–Crippen MR) is 121 cm³/mol. The van der Waals surface area contributed by atoms with Gasteiger partial charge in [-0.15, -0.1) is 0 Å². The quantitative estimate of drug-likeness (QED) is 0.336. The molecular weight excluding hydrogens is 358 g/mol. The molecule has 3 aromatic carbocycles. The minimum absolute atomic E-state index is 0.579. The van der Waals surface area contributed by atoms with Crippen LogP contribution in [0, 0.1) is 0 Å². The molecule has 150 valence electrons. The smallest absolute Gasteiger partial charge is 0.119 e. The lowest BCUT2D eigenvalue weighted by atomic mass is 9.88. The Morgan fingerprint density at radius 1 is 0.759 bits per heavy atom. The zero-order valence-corrected chi connectivity index (χ0v) is 17.5. The molecule has 0 bridgehead atoms. The molecule has 3 nitrogen and oxygen atoms in total. The number of likely N-dealkylation sites (N-methyl/N-ethyl adjacent to an activating group) is 1. The summed E-state index contributed by atoms with van der Waals surface area (Å²) < 4.78 is 5.85. The monoisotopic (exact) mass is 387 g/mol. The van der Waals surface area contributed by atoms with Crippen molar-refractivity contribution >= 4 is 11.1 Å². The van der Waals surface area contributed by atoms with E-state index >= 15 is 0 Å². The lowest BCUT2D eigenvalue weighted by Gasteiger charge is -2.17. The van der Waals surface area contributed by atoms with Gasteiger partial charge in [0.15, 0.2) is 0 Å². The van der Waals surface area contributed by atoms with E-state index in [-0.39, 0.29) is 0 Å². The van der Waals surface area contributed by atoms with Gasteiger partial charge in [0.25, 0.3) is 0 Å². The number of hydrogen-bond acceptors (Lipinski definition) is 3. The standard InChI is InChI=1S/C26H29NO2/c1-4-25(21-11-7-5-8-12-21)26(22-13-9-6-10-14-22)23-15-17-24(18-16-23)29-20-19-27(2)28-3/h5-18H,4,19-20H2,1-3H3/b26-25-. The average Bonchev–Trinajstić information content (AvgIpc) is 2.79. The van der Waals surface area contributed by atoms with Gasteiger partial charge in [-0.1, -0.05) is 79.7 Å². The van der Waals surface area contributed by atoms with Gasteiger partial charge in [0, 0.05) is 7.05 Å². The highest BCUT2D eigenvalue weighted by atomic mass is 16.7. The highest BCUT2D eigenvalue weighted by molar-refractivity contribution is 5.98. The molecule has 0 saturated carbocycles. The van der Waals surface area contributed by atoms with Crippen LogP contribution < -0.4 is 4.74 Å². The summed E-state index contributed by atoms with van der Waals surface area (Å²) in [4.78, 5) is 5.12. The molecule has 0 aliphatic rings. The molecule has 3 aromatic rings. The lowest BCUT2D eigenvalue weighted by Crippen LogP contribution is -2.22. The van der Waals surface area contributed by atoms with Crippen LogP contribution in [0.4, 0.5) is 0 Å². The van der Waals surface area contributed by atoms with E-state index in [1.165, 1.54) is 27.8 Å². The van der Waals surface area contributed by atoms with Crippen molar-refractivity contribution in [2.75, 3.05) is 27.3 Å². The van der Waals surface area contributed by atoms with Crippen LogP contribution in [0.1, 0.15) is 30.0 Å². The van der Waals surface area contributed by atoms with Gasteiger partial charge in [0.1, 0.15) is 12.4 Å². The molecular formula is C26H29NO2. The van der Waals surface area contributed by atoms with Gasteiger partial charge < -0.3 is 9.57 Å². The minimum atomic E-state index is 0.579. The van der Waals surface area contributed by atoms with Gasteiger partial charge in [0.05, 0.1) is 13.7 Å². The van der Waals surface area contributed by atoms with Crippen molar-refractivity contribution in [3.8, 4) is 5.75 Å². The summed E-state index contributed by atoms with van der Waals surface area (Å²) in [5.74, 6) is 0.864. The molecule has 0 spiro atoms. The van der Waals surface area contributed by atoms with Crippen molar-refractivity contribution in [1.29, 1.82) is 0 Å². The number of hydroxylamine groups is 2. The molecule has 0 aliphatic carbocycles. The zero-order chi connectivity index (χ0) is 20.5. The molecule has 0 radical (unpaired) electrons. The molecule has 0 atom stereocenters. The van der Waals surface area contributed by atoms with Crippen LogP contribution in [0.15, 0.2) is 84.9 Å². The van der Waals surface area contributed by atoms with Crippen LogP contribution in [0.2, 0.25) is 0 Å². The molecule has 0 aliphatic heterocycles. The van der Waals surface area contributed by atoms with Crippen molar-refractivity contribution in [3.63, 3.8) is 0 Å². The summed E-state index contributed by atoms with van der Waals surface area (Å²) in [6.45, 7) is 3.51. The summed E-state index contributed by atoms with van der Waals surface area (Å²) in [6, 6.07) is 29.6. The number of ether oxygens (including phenoxy) is 1. The lowest BCUT2D eigenvalue weighted by molar-refractivity contribution is -0.113. The Morgan fingerprint density at radius 3 is 1.86 bits per heavy atom. The average molecular weight is 388 g/mol. The fourth-order valence-corrected chi connectivity index (χ4v) is 3.39. The second-order valence-electron chi connectivity index (χ2n) is 6.85. The molecule has 3 heteroatoms. The number of rotatable bonds is 9. The van der Waals surface area contributed by atoms with E-state index in [1.807, 2.05) is 19.2 Å². The molecule has 0 fully saturated rings. The predicted octanol–water partition coefficient (Wildman–Crippen LogP) is 5.93. The molecule has 3 rings (SSSR count). The third-order valence-corrected chi connectivity index (χ3v) is 4.97. The fourth-order valence-electron chi connectivity index (χ4n) is 3.39. The van der Waals surface area contributed by atoms with Crippen molar-refractivity contribution in [2.45, 2.75) is 13.3 Å². The SMILES string of the molecule is CC/C(=C(\c1ccccc1)c1ccc(OCCN(C)OC)cc1)c1ccccc1. The van der Waals surface area contributed by atoms with Crippen molar-refractivity contribution in [1.82, 2.24) is 5.06 Å². The maximum atomic E-state index is 5.85. The Hall–Kier alpha value is -2.88. The maximum absolute atomic E-state index is 5.85. The Balaban J connectivity index is 1.94. The summed E-state index contributed by atoms with van der Waals surface area (Å²) >= 11 is 0. The largest absolute Gasteiger partial charge is 0.492 e. The minimum Gasteiger partial charge on any atom is -0.492 e. The van der Waals surface area contributed by atoms with Crippen LogP contribution >= 0.6 is 0 Å². The highest BCUT2D eigenvalue weighted by Gasteiger charge is 2.13. The highest BCUT2D eigenvalue weighted by Crippen LogP contribution is 2.34. The molecule has 0 N–H and O–H groups in total. The number of hydrogen-bond donors (Lipinski definition) is 0. The zero-order valence-electron chi connectivity index (χ0n) is 17.5. The van der Waals surface area contributed by atoms with E-state index in [0.717, 1.165) is 12.2 Å². The summed E-state index contributed by atoms with van der Waals surface area (Å²) in [5.41, 5.74) is 6.29. The van der Waals surface area contributed by atoms with E-state index in [4.69, 9.17) is 9.57 Å². The van der Waals surface area contributed by atoms with Crippen molar-refractivity contribution in [2.24, 2.45) is 0 Å². The second kappa shape index (κ2) is 10.6. The number of nitrogens with zero attached hydrogens (tertiary/aromatic N) is 1. The third-order valence-electron chi connectivity index (χ3n) is 4.97. The van der Waals surface area contributed by atoms with E-state index in [0.29, 0.717) is 13.2 Å². The topological polar surface area (TPSA) is 21.7 Å². The fraction of sp³-hybridized carbons (Fsp3) is 0.231. The van der Waals surface area contributed by atoms with Crippen molar-refractivity contribution in [3.05, 3.63) is 102 Å². The summed E-state index contributed by atoms with van der Waals surface area (Å²) in [6.07, 6.45) is 0.954. The van der Waals surface area contributed by atoms with E-state index in [1.54, 1.807) is 12.2 Å². The molecule has 0 unspecified atom stereocenters. The first-order chi connectivity index (χ1) is 14.2. The first-order valence-electron chi connectivity index (χ1n) is 10.1. The first kappa shape index (κ1) is 20.8. The van der Waals surface area contributed by atoms with Crippen LogP contribution in [-0.2, 0) is 4.84 Å². The van der Waals surface area contributed by atoms with Crippen LogP contribution in [-0.4, -0.2) is 32.4 Å². The molecule has 0 aromatic heterocycles. The molecule has 0 amide bonds. The number of allylic oxidation sites excluding steroid dienone is 1. The van der Waals surface area contributed by atoms with Gasteiger partial charge in [-0.3, -0.25) is 0 Å². The Kier molecular flexibility index (Phi) is 7.62. The molecule has 29 heavy (non-hydrogen) atoms. The van der Waals surface area contributed by atoms with Gasteiger partial charge in [-0.25, -0.2) is 0 Å². The van der Waals surface area contributed by atoms with E-state index < -0.39 is 0 Å². The first-order valence-corrected chi connectivity index (χ1v) is 10.1. The molecule has 0 heterocycles. The normalized spacial score (nSPS) is 12.0. The molecule has 0 saturated heterocycles. The maximum Gasteiger partial charge on any atom is 0.119 e. The van der Waals surface area contributed by atoms with Gasteiger partial charge in [0.2, 0.25) is 0 Å². The van der Waals surface area contributed by atoms with Gasteiger partial charge in [-0.2, -0.15) is 5.06 Å². The summed E-state index contributed by atoms with van der Waals surface area (Å²) in [5, 5.41) is 1.75. The van der Waals surface area contributed by atoms with Gasteiger partial charge in [-0.05, 0) is 46.4 Å².